The Hall–Kier alpha value is -3.40. The van der Waals surface area contributed by atoms with Crippen molar-refractivity contribution in [1.29, 1.82) is 10.5 Å². The number of carbonyl (C=O) groups excluding carboxylic acids is 2. The largest absolute Gasteiger partial charge is 0.396 e. The summed E-state index contributed by atoms with van der Waals surface area (Å²) >= 11 is 1.05. The van der Waals surface area contributed by atoms with Crippen LogP contribution in [0.1, 0.15) is 47.3 Å². The van der Waals surface area contributed by atoms with E-state index in [-0.39, 0.29) is 47.3 Å². The molecule has 0 aliphatic carbocycles. The van der Waals surface area contributed by atoms with E-state index in [1.807, 2.05) is 13.0 Å². The maximum Gasteiger partial charge on any atom is 0.235 e. The van der Waals surface area contributed by atoms with Gasteiger partial charge in [0.05, 0.1) is 17.7 Å². The van der Waals surface area contributed by atoms with Crippen molar-refractivity contribution in [1.82, 2.24) is 4.98 Å². The predicted molar refractivity (Wildman–Crippen MR) is 122 cm³/mol. The Balaban J connectivity index is 2.56. The second-order valence-electron chi connectivity index (χ2n) is 7.08. The lowest BCUT2D eigenvalue weighted by atomic mass is 10.0. The number of pyridine rings is 1. The second kappa shape index (κ2) is 11.8. The minimum Gasteiger partial charge on any atom is -0.396 e. The van der Waals surface area contributed by atoms with E-state index in [2.05, 4.69) is 17.1 Å². The summed E-state index contributed by atoms with van der Waals surface area (Å²) in [7, 11) is 1.64. The Morgan fingerprint density at radius 1 is 1.22 bits per heavy atom. The van der Waals surface area contributed by atoms with E-state index >= 15 is 0 Å². The molecule has 2 rings (SSSR count). The molecule has 3 N–H and O–H groups in total. The fourth-order valence-corrected chi connectivity index (χ4v) is 4.33. The molecule has 166 valence electrons. The standard InChI is InChI=1S/C23H25N5O3S/c1-3-17-18(12-24)22(28(2)14-16(30)10-7-11-29)27-23(19(17)13-25)32-20(21(26)31)15-8-5-4-6-9-15/h4-6,8-9,20,29H,3,7,10-11,14H2,1-2H3,(H2,26,31). The highest BCUT2D eigenvalue weighted by Crippen LogP contribution is 2.39. The number of likely N-dealkylation sites (N-methyl/N-ethyl adjacent to an activating group) is 1. The van der Waals surface area contributed by atoms with Gasteiger partial charge in [0.1, 0.15) is 28.2 Å². The van der Waals surface area contributed by atoms with Crippen molar-refractivity contribution in [3.63, 3.8) is 0 Å². The molecule has 1 unspecified atom stereocenters. The number of carbonyl (C=O) groups is 2. The number of ketones is 1. The third-order valence-electron chi connectivity index (χ3n) is 4.80. The molecule has 1 aromatic carbocycles. The summed E-state index contributed by atoms with van der Waals surface area (Å²) in [4.78, 5) is 30.5. The molecule has 0 saturated heterocycles. The minimum absolute atomic E-state index is 0.00122. The van der Waals surface area contributed by atoms with Crippen molar-refractivity contribution in [2.45, 2.75) is 36.5 Å². The molecule has 0 aliphatic heterocycles. The number of primary amides is 1. The number of aromatic nitrogens is 1. The van der Waals surface area contributed by atoms with Gasteiger partial charge >= 0.3 is 0 Å². The van der Waals surface area contributed by atoms with E-state index in [0.717, 1.165) is 11.8 Å². The first kappa shape index (κ1) is 24.9. The van der Waals surface area contributed by atoms with Crippen molar-refractivity contribution in [2.24, 2.45) is 5.73 Å². The van der Waals surface area contributed by atoms with Gasteiger partial charge in [0.15, 0.2) is 5.78 Å². The number of benzene rings is 1. The lowest BCUT2D eigenvalue weighted by Gasteiger charge is -2.23. The maximum absolute atomic E-state index is 12.2. The van der Waals surface area contributed by atoms with Crippen LogP contribution in [0.5, 0.6) is 0 Å². The molecule has 1 aromatic heterocycles. The third-order valence-corrected chi connectivity index (χ3v) is 6.06. The number of rotatable bonds is 11. The zero-order chi connectivity index (χ0) is 23.7. The van der Waals surface area contributed by atoms with Crippen molar-refractivity contribution < 1.29 is 14.7 Å². The predicted octanol–water partition coefficient (Wildman–Crippen LogP) is 2.48. The van der Waals surface area contributed by atoms with Crippen LogP contribution in [0.4, 0.5) is 5.82 Å². The number of hydrogen-bond donors (Lipinski definition) is 2. The molecular weight excluding hydrogens is 426 g/mol. The van der Waals surface area contributed by atoms with Crippen LogP contribution >= 0.6 is 11.8 Å². The monoisotopic (exact) mass is 451 g/mol. The van der Waals surface area contributed by atoms with Crippen LogP contribution in [-0.2, 0) is 16.0 Å². The Bertz CT molecular complexity index is 1060. The number of thioether (sulfide) groups is 1. The molecule has 8 nitrogen and oxygen atoms in total. The molecule has 0 aliphatic rings. The van der Waals surface area contributed by atoms with Crippen molar-refractivity contribution in [3.05, 3.63) is 52.6 Å². The summed E-state index contributed by atoms with van der Waals surface area (Å²) in [5.74, 6) is -0.425. The number of aliphatic hydroxyl groups excluding tert-OH is 1. The van der Waals surface area contributed by atoms with Gasteiger partial charge < -0.3 is 15.7 Å². The van der Waals surface area contributed by atoms with Crippen molar-refractivity contribution in [3.8, 4) is 12.1 Å². The van der Waals surface area contributed by atoms with Gasteiger partial charge in [-0.3, -0.25) is 9.59 Å². The van der Waals surface area contributed by atoms with Crippen LogP contribution in [0.2, 0.25) is 0 Å². The summed E-state index contributed by atoms with van der Waals surface area (Å²) in [6.07, 6.45) is 0.962. The molecule has 1 amide bonds. The highest BCUT2D eigenvalue weighted by Gasteiger charge is 2.27. The number of aliphatic hydroxyl groups is 1. The third kappa shape index (κ3) is 5.85. The van der Waals surface area contributed by atoms with Crippen LogP contribution in [0.3, 0.4) is 0 Å². The number of amides is 1. The number of Topliss-reactive ketones (excluding diaryl/α,β-unsaturated/α-hetero) is 1. The number of nitrogens with zero attached hydrogens (tertiary/aromatic N) is 4. The van der Waals surface area contributed by atoms with Crippen molar-refractivity contribution >= 4 is 29.3 Å². The fourth-order valence-electron chi connectivity index (χ4n) is 3.27. The van der Waals surface area contributed by atoms with Gasteiger partial charge in [0.2, 0.25) is 5.91 Å². The fraction of sp³-hybridized carbons (Fsp3) is 0.348. The van der Waals surface area contributed by atoms with Gasteiger partial charge in [-0.05, 0) is 24.0 Å². The summed E-state index contributed by atoms with van der Waals surface area (Å²) in [5.41, 5.74) is 7.27. The maximum atomic E-state index is 12.2. The molecule has 0 spiro atoms. The molecule has 0 saturated carbocycles. The topological polar surface area (TPSA) is 144 Å². The molecule has 9 heteroatoms. The van der Waals surface area contributed by atoms with E-state index in [9.17, 15) is 20.1 Å². The van der Waals surface area contributed by atoms with E-state index in [1.165, 1.54) is 0 Å². The normalized spacial score (nSPS) is 11.3. The first-order valence-electron chi connectivity index (χ1n) is 10.1. The Kier molecular flexibility index (Phi) is 9.21. The zero-order valence-corrected chi connectivity index (χ0v) is 18.9. The Morgan fingerprint density at radius 3 is 2.41 bits per heavy atom. The molecule has 32 heavy (non-hydrogen) atoms. The van der Waals surface area contributed by atoms with Crippen LogP contribution in [0.15, 0.2) is 35.4 Å². The highest BCUT2D eigenvalue weighted by molar-refractivity contribution is 8.00. The summed E-state index contributed by atoms with van der Waals surface area (Å²) in [6.45, 7) is 1.74. The average Bonchev–Trinajstić information content (AvgIpc) is 2.80. The van der Waals surface area contributed by atoms with E-state index < -0.39 is 11.2 Å². The van der Waals surface area contributed by atoms with Crippen LogP contribution < -0.4 is 10.6 Å². The smallest absolute Gasteiger partial charge is 0.235 e. The number of hydrogen-bond acceptors (Lipinski definition) is 8. The highest BCUT2D eigenvalue weighted by atomic mass is 32.2. The van der Waals surface area contributed by atoms with Gasteiger partial charge in [-0.25, -0.2) is 4.98 Å². The molecule has 1 atom stereocenters. The Morgan fingerprint density at radius 2 is 1.88 bits per heavy atom. The molecule has 1 heterocycles. The minimum atomic E-state index is -0.780. The van der Waals surface area contributed by atoms with Gasteiger partial charge in [0, 0.05) is 20.1 Å². The molecule has 2 aromatic rings. The number of anilines is 1. The van der Waals surface area contributed by atoms with Gasteiger partial charge in [0.25, 0.3) is 0 Å². The van der Waals surface area contributed by atoms with Crippen LogP contribution in [0.25, 0.3) is 0 Å². The molecular formula is C23H25N5O3S. The van der Waals surface area contributed by atoms with Gasteiger partial charge in [-0.2, -0.15) is 10.5 Å². The van der Waals surface area contributed by atoms with Crippen LogP contribution in [0, 0.1) is 22.7 Å². The quantitative estimate of drug-likeness (QED) is 0.496. The molecule has 0 bridgehead atoms. The molecule has 0 fully saturated rings. The summed E-state index contributed by atoms with van der Waals surface area (Å²) < 4.78 is 0. The van der Waals surface area contributed by atoms with Crippen LogP contribution in [-0.4, -0.2) is 42.0 Å². The van der Waals surface area contributed by atoms with E-state index in [1.54, 1.807) is 36.2 Å². The SMILES string of the molecule is CCc1c(C#N)c(SC(C(N)=O)c2ccccc2)nc(N(C)CC(=O)CCCO)c1C#N. The lowest BCUT2D eigenvalue weighted by Crippen LogP contribution is -2.28. The van der Waals surface area contributed by atoms with E-state index in [0.29, 0.717) is 24.0 Å². The van der Waals surface area contributed by atoms with Crippen molar-refractivity contribution in [2.75, 3.05) is 25.1 Å². The first-order chi connectivity index (χ1) is 15.4. The second-order valence-corrected chi connectivity index (χ2v) is 8.17. The average molecular weight is 452 g/mol. The van der Waals surface area contributed by atoms with Gasteiger partial charge in [-0.15, -0.1) is 0 Å². The lowest BCUT2D eigenvalue weighted by molar-refractivity contribution is -0.118. The molecule has 0 radical (unpaired) electrons. The zero-order valence-electron chi connectivity index (χ0n) is 18.0. The summed E-state index contributed by atoms with van der Waals surface area (Å²) in [6, 6.07) is 13.2. The number of nitrogens with two attached hydrogens (primary N) is 1. The number of nitriles is 2. The van der Waals surface area contributed by atoms with Gasteiger partial charge in [-0.1, -0.05) is 49.0 Å². The first-order valence-corrected chi connectivity index (χ1v) is 11.0. The summed E-state index contributed by atoms with van der Waals surface area (Å²) in [5, 5.41) is 28.1. The van der Waals surface area contributed by atoms with E-state index in [4.69, 9.17) is 10.8 Å². The Labute approximate surface area is 191 Å².